The average molecular weight is 449 g/mol. The largest absolute Gasteiger partial charge is 0.469 e. The van der Waals surface area contributed by atoms with Crippen LogP contribution in [0.1, 0.15) is 65.2 Å². The molecular formula is C23H32N2O7. The number of aromatic amines is 1. The molecule has 0 fully saturated rings. The second-order valence-corrected chi connectivity index (χ2v) is 7.03. The Morgan fingerprint density at radius 1 is 0.938 bits per heavy atom. The maximum Gasteiger partial charge on any atom is 0.354 e. The van der Waals surface area contributed by atoms with Crippen molar-refractivity contribution < 1.29 is 33.4 Å². The van der Waals surface area contributed by atoms with E-state index in [-0.39, 0.29) is 43.7 Å². The summed E-state index contributed by atoms with van der Waals surface area (Å²) >= 11 is 0. The van der Waals surface area contributed by atoms with E-state index in [9.17, 15) is 19.2 Å². The van der Waals surface area contributed by atoms with Crippen molar-refractivity contribution in [2.75, 3.05) is 20.3 Å². The number of carbonyl (C=O) groups is 4. The minimum atomic E-state index is -0.437. The summed E-state index contributed by atoms with van der Waals surface area (Å²) in [5.41, 5.74) is 2.81. The van der Waals surface area contributed by atoms with Gasteiger partial charge in [0.1, 0.15) is 11.4 Å². The molecule has 9 nitrogen and oxygen atoms in total. The summed E-state index contributed by atoms with van der Waals surface area (Å²) in [6.07, 6.45) is 4.45. The van der Waals surface area contributed by atoms with Gasteiger partial charge < -0.3 is 23.8 Å². The summed E-state index contributed by atoms with van der Waals surface area (Å²) in [5.74, 6) is -1.10. The van der Waals surface area contributed by atoms with Gasteiger partial charge in [0.05, 0.1) is 26.9 Å². The third kappa shape index (κ3) is 9.20. The van der Waals surface area contributed by atoms with Crippen molar-refractivity contribution >= 4 is 23.7 Å². The highest BCUT2D eigenvalue weighted by Crippen LogP contribution is 2.11. The van der Waals surface area contributed by atoms with Crippen LogP contribution in [0.3, 0.4) is 0 Å². The number of Topliss-reactive ketones (excluding diaryl/α,β-unsaturated/α-hetero) is 1. The topological polar surface area (TPSA) is 117 Å². The van der Waals surface area contributed by atoms with E-state index in [1.807, 2.05) is 13.8 Å². The molecule has 1 N–H and O–H groups in total. The van der Waals surface area contributed by atoms with E-state index in [1.54, 1.807) is 42.9 Å². The fourth-order valence-corrected chi connectivity index (χ4v) is 2.79. The molecule has 2 aromatic rings. The Hall–Kier alpha value is -3.36. The summed E-state index contributed by atoms with van der Waals surface area (Å²) in [4.78, 5) is 48.5. The van der Waals surface area contributed by atoms with Gasteiger partial charge in [0.2, 0.25) is 0 Å². The summed E-state index contributed by atoms with van der Waals surface area (Å²) in [5, 5.41) is 0. The number of carbonyl (C=O) groups excluding carboxylic acids is 4. The number of rotatable bonds is 10. The molecule has 9 heteroatoms. The molecule has 0 aliphatic rings. The first-order valence-corrected chi connectivity index (χ1v) is 10.5. The summed E-state index contributed by atoms with van der Waals surface area (Å²) in [6.45, 7) is 8.08. The van der Waals surface area contributed by atoms with E-state index < -0.39 is 5.97 Å². The molecule has 0 saturated carbocycles. The summed E-state index contributed by atoms with van der Waals surface area (Å²) < 4.78 is 15.8. The van der Waals surface area contributed by atoms with Crippen LogP contribution in [-0.4, -0.2) is 53.6 Å². The maximum absolute atomic E-state index is 11.9. The average Bonchev–Trinajstić information content (AvgIpc) is 3.34. The molecule has 0 aliphatic carbocycles. The Balaban J connectivity index is 0.000000389. The molecule has 0 radical (unpaired) electrons. The molecule has 0 bridgehead atoms. The van der Waals surface area contributed by atoms with E-state index in [0.29, 0.717) is 24.4 Å². The predicted octanol–water partition coefficient (Wildman–Crippen LogP) is 3.39. The van der Waals surface area contributed by atoms with Gasteiger partial charge in [-0.25, -0.2) is 9.59 Å². The van der Waals surface area contributed by atoms with Crippen LogP contribution in [0.2, 0.25) is 0 Å². The molecule has 0 spiro atoms. The predicted molar refractivity (Wildman–Crippen MR) is 117 cm³/mol. The summed E-state index contributed by atoms with van der Waals surface area (Å²) in [7, 11) is 1.32. The lowest BCUT2D eigenvalue weighted by Crippen LogP contribution is -2.16. The Morgan fingerprint density at radius 3 is 2.16 bits per heavy atom. The van der Waals surface area contributed by atoms with Gasteiger partial charge in [0, 0.05) is 25.2 Å². The Kier molecular flexibility index (Phi) is 11.5. The normalized spacial score (nSPS) is 10.0. The van der Waals surface area contributed by atoms with E-state index in [4.69, 9.17) is 9.47 Å². The van der Waals surface area contributed by atoms with Gasteiger partial charge in [-0.3, -0.25) is 9.59 Å². The van der Waals surface area contributed by atoms with Gasteiger partial charge >= 0.3 is 17.9 Å². The van der Waals surface area contributed by atoms with Crippen molar-refractivity contribution in [3.05, 3.63) is 47.0 Å². The molecule has 0 unspecified atom stereocenters. The Labute approximate surface area is 188 Å². The molecule has 2 heterocycles. The molecule has 0 aromatic carbocycles. The van der Waals surface area contributed by atoms with Gasteiger partial charge in [-0.2, -0.15) is 0 Å². The molecule has 176 valence electrons. The molecule has 0 saturated heterocycles. The zero-order chi connectivity index (χ0) is 24.1. The van der Waals surface area contributed by atoms with Crippen molar-refractivity contribution in [1.29, 1.82) is 0 Å². The number of aryl methyl sites for hydroxylation is 2. The number of esters is 3. The first kappa shape index (κ1) is 26.7. The van der Waals surface area contributed by atoms with Gasteiger partial charge in [-0.15, -0.1) is 0 Å². The number of nitrogens with one attached hydrogen (secondary N) is 1. The Morgan fingerprint density at radius 2 is 1.59 bits per heavy atom. The van der Waals surface area contributed by atoms with E-state index in [2.05, 4.69) is 9.72 Å². The van der Waals surface area contributed by atoms with Crippen molar-refractivity contribution in [3.8, 4) is 0 Å². The third-order valence-electron chi connectivity index (χ3n) is 4.25. The molecular weight excluding hydrogens is 416 g/mol. The molecule has 0 amide bonds. The number of methoxy groups -OCH3 is 1. The first-order valence-electron chi connectivity index (χ1n) is 10.5. The smallest absolute Gasteiger partial charge is 0.354 e. The van der Waals surface area contributed by atoms with Crippen LogP contribution in [0.5, 0.6) is 0 Å². The van der Waals surface area contributed by atoms with Crippen LogP contribution in [0.25, 0.3) is 0 Å². The zero-order valence-electron chi connectivity index (χ0n) is 19.4. The molecule has 0 atom stereocenters. The lowest BCUT2D eigenvalue weighted by atomic mass is 10.2. The number of ether oxygens (including phenoxy) is 3. The van der Waals surface area contributed by atoms with Gasteiger partial charge in [0.15, 0.2) is 5.78 Å². The number of H-pyrrole nitrogens is 1. The highest BCUT2D eigenvalue weighted by atomic mass is 16.5. The quantitative estimate of drug-likeness (QED) is 0.437. The number of aromatic nitrogens is 2. The van der Waals surface area contributed by atoms with Crippen molar-refractivity contribution in [2.45, 2.75) is 53.5 Å². The Bertz CT molecular complexity index is 911. The van der Waals surface area contributed by atoms with Crippen LogP contribution < -0.4 is 0 Å². The number of hydrogen-bond donors (Lipinski definition) is 1. The zero-order valence-corrected chi connectivity index (χ0v) is 19.4. The van der Waals surface area contributed by atoms with Crippen LogP contribution in [0.15, 0.2) is 24.5 Å². The van der Waals surface area contributed by atoms with E-state index >= 15 is 0 Å². The second kappa shape index (κ2) is 13.8. The van der Waals surface area contributed by atoms with Crippen molar-refractivity contribution in [2.24, 2.45) is 0 Å². The summed E-state index contributed by atoms with van der Waals surface area (Å²) in [6, 6.07) is 3.46. The number of ketones is 1. The molecule has 2 aromatic heterocycles. The van der Waals surface area contributed by atoms with Crippen molar-refractivity contribution in [3.63, 3.8) is 0 Å². The van der Waals surface area contributed by atoms with Gasteiger partial charge in [-0.05, 0) is 57.4 Å². The van der Waals surface area contributed by atoms with Crippen LogP contribution in [-0.2, 0) is 30.3 Å². The first-order chi connectivity index (χ1) is 15.2. The van der Waals surface area contributed by atoms with E-state index in [0.717, 1.165) is 11.1 Å². The standard InChI is InChI=1S/C15H21NO5.C8H11NO2/c1-4-21-15(19)13-8-11(2)9-16(13)10-12(17)6-5-7-14(18)20-3;1-3-11-8(10)7-4-6(2)5-9-7/h8-9H,4-7,10H2,1-3H3;4-5,9H,3H2,1-2H3. The van der Waals surface area contributed by atoms with Crippen molar-refractivity contribution in [1.82, 2.24) is 9.55 Å². The molecule has 32 heavy (non-hydrogen) atoms. The van der Waals surface area contributed by atoms with Gasteiger partial charge in [0.25, 0.3) is 0 Å². The lowest BCUT2D eigenvalue weighted by molar-refractivity contribution is -0.140. The maximum atomic E-state index is 11.9. The van der Waals surface area contributed by atoms with Gasteiger partial charge in [-0.1, -0.05) is 0 Å². The fraction of sp³-hybridized carbons (Fsp3) is 0.478. The van der Waals surface area contributed by atoms with Crippen LogP contribution in [0.4, 0.5) is 0 Å². The SMILES string of the molecule is CCOC(=O)c1cc(C)c[nH]1.CCOC(=O)c1cc(C)cn1CC(=O)CCCC(=O)OC. The molecule has 2 rings (SSSR count). The minimum absolute atomic E-state index is 0.0416. The monoisotopic (exact) mass is 448 g/mol. The lowest BCUT2D eigenvalue weighted by Gasteiger charge is -2.07. The highest BCUT2D eigenvalue weighted by Gasteiger charge is 2.16. The fourth-order valence-electron chi connectivity index (χ4n) is 2.79. The van der Waals surface area contributed by atoms with Crippen LogP contribution >= 0.6 is 0 Å². The minimum Gasteiger partial charge on any atom is -0.469 e. The number of nitrogens with zero attached hydrogens (tertiary/aromatic N) is 1. The number of hydrogen-bond acceptors (Lipinski definition) is 7. The third-order valence-corrected chi connectivity index (χ3v) is 4.25. The highest BCUT2D eigenvalue weighted by molar-refractivity contribution is 5.89. The molecule has 0 aliphatic heterocycles. The van der Waals surface area contributed by atoms with E-state index in [1.165, 1.54) is 7.11 Å². The second-order valence-electron chi connectivity index (χ2n) is 7.03. The van der Waals surface area contributed by atoms with Crippen LogP contribution in [0, 0.1) is 13.8 Å².